The van der Waals surface area contributed by atoms with Crippen LogP contribution < -0.4 is 5.32 Å². The van der Waals surface area contributed by atoms with Gasteiger partial charge in [-0.15, -0.1) is 12.4 Å². The van der Waals surface area contributed by atoms with Gasteiger partial charge in [-0.1, -0.05) is 12.8 Å². The minimum Gasteiger partial charge on any atom is -0.339 e. The number of rotatable bonds is 3. The van der Waals surface area contributed by atoms with Gasteiger partial charge < -0.3 is 10.2 Å². The summed E-state index contributed by atoms with van der Waals surface area (Å²) in [5.74, 6) is 3.52. The smallest absolute Gasteiger partial charge is 0.224 e. The van der Waals surface area contributed by atoms with Gasteiger partial charge in [-0.2, -0.15) is 11.8 Å². The van der Waals surface area contributed by atoms with Crippen molar-refractivity contribution in [3.05, 3.63) is 0 Å². The van der Waals surface area contributed by atoms with Gasteiger partial charge in [0.2, 0.25) is 5.91 Å². The zero-order valence-electron chi connectivity index (χ0n) is 12.2. The number of hydrogen-bond acceptors (Lipinski definition) is 3. The first-order valence-electron chi connectivity index (χ1n) is 7.95. The van der Waals surface area contributed by atoms with E-state index in [1.165, 1.54) is 44.3 Å². The van der Waals surface area contributed by atoms with Crippen molar-refractivity contribution >= 4 is 30.1 Å². The summed E-state index contributed by atoms with van der Waals surface area (Å²) in [6.07, 6.45) is 8.66. The highest BCUT2D eigenvalue weighted by molar-refractivity contribution is 7.99. The minimum absolute atomic E-state index is 0. The lowest BCUT2D eigenvalue weighted by Gasteiger charge is -2.31. The molecule has 20 heavy (non-hydrogen) atoms. The van der Waals surface area contributed by atoms with Crippen LogP contribution in [0.2, 0.25) is 0 Å². The normalized spacial score (nSPS) is 31.3. The molecule has 1 N–H and O–H groups in total. The number of thioether (sulfide) groups is 1. The van der Waals surface area contributed by atoms with E-state index >= 15 is 0 Å². The Hall–Kier alpha value is 0.0700. The molecule has 0 spiro atoms. The number of carbonyl (C=O) groups excluding carboxylic acids is 1. The van der Waals surface area contributed by atoms with Crippen LogP contribution in [0.3, 0.4) is 0 Å². The molecule has 0 bridgehead atoms. The second kappa shape index (κ2) is 7.90. The van der Waals surface area contributed by atoms with Crippen LogP contribution >= 0.6 is 24.2 Å². The van der Waals surface area contributed by atoms with E-state index in [-0.39, 0.29) is 12.4 Å². The molecule has 1 amide bonds. The zero-order valence-corrected chi connectivity index (χ0v) is 13.8. The Labute approximate surface area is 133 Å². The SMILES string of the molecule is Cl.O=C(CC1CSCCN1)N1CCCC1C1CCCC1. The van der Waals surface area contributed by atoms with Gasteiger partial charge in [0.25, 0.3) is 0 Å². The Morgan fingerprint density at radius 1 is 1.20 bits per heavy atom. The topological polar surface area (TPSA) is 32.3 Å². The first kappa shape index (κ1) is 16.4. The first-order chi connectivity index (χ1) is 9.34. The van der Waals surface area contributed by atoms with Crippen molar-refractivity contribution in [1.29, 1.82) is 0 Å². The molecule has 0 aromatic carbocycles. The molecule has 0 aromatic rings. The highest BCUT2D eigenvalue weighted by Gasteiger charge is 2.36. The molecular formula is C15H27ClN2OS. The second-order valence-corrected chi connectivity index (χ2v) is 7.42. The quantitative estimate of drug-likeness (QED) is 0.868. The minimum atomic E-state index is 0. The fraction of sp³-hybridized carbons (Fsp3) is 0.933. The molecule has 0 aromatic heterocycles. The Balaban J connectivity index is 0.00000147. The molecule has 116 valence electrons. The standard InChI is InChI=1S/C15H26N2OS.ClH/c18-15(10-13-11-19-9-7-16-13)17-8-3-6-14(17)12-4-1-2-5-12;/h12-14,16H,1-11H2;1H. The molecule has 3 fully saturated rings. The molecule has 0 radical (unpaired) electrons. The third-order valence-electron chi connectivity index (χ3n) is 4.98. The molecule has 3 aliphatic rings. The summed E-state index contributed by atoms with van der Waals surface area (Å²) in [4.78, 5) is 14.8. The first-order valence-corrected chi connectivity index (χ1v) is 9.10. The fourth-order valence-electron chi connectivity index (χ4n) is 4.01. The second-order valence-electron chi connectivity index (χ2n) is 6.27. The summed E-state index contributed by atoms with van der Waals surface area (Å²) in [7, 11) is 0. The molecule has 1 saturated carbocycles. The number of halogens is 1. The van der Waals surface area contributed by atoms with Crippen molar-refractivity contribution in [1.82, 2.24) is 10.2 Å². The molecule has 3 rings (SSSR count). The molecule has 2 unspecified atom stereocenters. The molecule has 2 saturated heterocycles. The number of nitrogens with zero attached hydrogens (tertiary/aromatic N) is 1. The van der Waals surface area contributed by atoms with Crippen LogP contribution in [0.5, 0.6) is 0 Å². The highest BCUT2D eigenvalue weighted by Crippen LogP contribution is 2.35. The van der Waals surface area contributed by atoms with Crippen LogP contribution in [0.25, 0.3) is 0 Å². The van der Waals surface area contributed by atoms with Crippen LogP contribution in [0.15, 0.2) is 0 Å². The van der Waals surface area contributed by atoms with Crippen LogP contribution in [0.1, 0.15) is 44.9 Å². The lowest BCUT2D eigenvalue weighted by molar-refractivity contribution is -0.133. The van der Waals surface area contributed by atoms with Gasteiger partial charge in [-0.05, 0) is 31.6 Å². The molecule has 2 atom stereocenters. The molecule has 1 aliphatic carbocycles. The van der Waals surface area contributed by atoms with E-state index in [0.717, 1.165) is 31.2 Å². The van der Waals surface area contributed by atoms with E-state index in [1.54, 1.807) is 0 Å². The van der Waals surface area contributed by atoms with Crippen LogP contribution in [-0.2, 0) is 4.79 Å². The number of amides is 1. The number of likely N-dealkylation sites (tertiary alicyclic amines) is 1. The predicted molar refractivity (Wildman–Crippen MR) is 87.7 cm³/mol. The Morgan fingerprint density at radius 2 is 2.00 bits per heavy atom. The maximum absolute atomic E-state index is 12.6. The summed E-state index contributed by atoms with van der Waals surface area (Å²) in [5, 5.41) is 3.49. The van der Waals surface area contributed by atoms with E-state index in [9.17, 15) is 4.79 Å². The summed E-state index contributed by atoms with van der Waals surface area (Å²) < 4.78 is 0. The Morgan fingerprint density at radius 3 is 2.70 bits per heavy atom. The molecular weight excluding hydrogens is 292 g/mol. The molecule has 5 heteroatoms. The number of hydrogen-bond donors (Lipinski definition) is 1. The van der Waals surface area contributed by atoms with Gasteiger partial charge in [0.1, 0.15) is 0 Å². The van der Waals surface area contributed by atoms with Crippen molar-refractivity contribution in [2.24, 2.45) is 5.92 Å². The van der Waals surface area contributed by atoms with Gasteiger partial charge in [0, 0.05) is 43.1 Å². The number of nitrogens with one attached hydrogen (secondary N) is 1. The molecule has 2 heterocycles. The monoisotopic (exact) mass is 318 g/mol. The van der Waals surface area contributed by atoms with Crippen molar-refractivity contribution in [2.75, 3.05) is 24.6 Å². The lowest BCUT2D eigenvalue weighted by Crippen LogP contribution is -2.45. The van der Waals surface area contributed by atoms with E-state index in [1.807, 2.05) is 11.8 Å². The summed E-state index contributed by atoms with van der Waals surface area (Å²) in [6.45, 7) is 2.08. The third kappa shape index (κ3) is 3.83. The van der Waals surface area contributed by atoms with E-state index in [4.69, 9.17) is 0 Å². The van der Waals surface area contributed by atoms with Crippen LogP contribution in [-0.4, -0.2) is 47.5 Å². The zero-order chi connectivity index (χ0) is 13.1. The average molecular weight is 319 g/mol. The van der Waals surface area contributed by atoms with Crippen molar-refractivity contribution in [2.45, 2.75) is 57.0 Å². The van der Waals surface area contributed by atoms with Gasteiger partial charge in [-0.3, -0.25) is 4.79 Å². The molecule has 2 aliphatic heterocycles. The van der Waals surface area contributed by atoms with Crippen molar-refractivity contribution < 1.29 is 4.79 Å². The van der Waals surface area contributed by atoms with Gasteiger partial charge in [0.15, 0.2) is 0 Å². The van der Waals surface area contributed by atoms with Crippen molar-refractivity contribution in [3.63, 3.8) is 0 Å². The van der Waals surface area contributed by atoms with E-state index in [2.05, 4.69) is 10.2 Å². The van der Waals surface area contributed by atoms with Gasteiger partial charge in [0.05, 0.1) is 0 Å². The average Bonchev–Trinajstić information content (AvgIpc) is 3.10. The van der Waals surface area contributed by atoms with Crippen LogP contribution in [0, 0.1) is 5.92 Å². The maximum Gasteiger partial charge on any atom is 0.224 e. The summed E-state index contributed by atoms with van der Waals surface area (Å²) in [5.41, 5.74) is 0. The Bertz CT molecular complexity index is 317. The summed E-state index contributed by atoms with van der Waals surface area (Å²) in [6, 6.07) is 0.988. The van der Waals surface area contributed by atoms with Crippen LogP contribution in [0.4, 0.5) is 0 Å². The molecule has 3 nitrogen and oxygen atoms in total. The maximum atomic E-state index is 12.6. The van der Waals surface area contributed by atoms with E-state index in [0.29, 0.717) is 18.0 Å². The van der Waals surface area contributed by atoms with Crippen molar-refractivity contribution in [3.8, 4) is 0 Å². The largest absolute Gasteiger partial charge is 0.339 e. The highest BCUT2D eigenvalue weighted by atomic mass is 35.5. The van der Waals surface area contributed by atoms with Gasteiger partial charge >= 0.3 is 0 Å². The summed E-state index contributed by atoms with van der Waals surface area (Å²) >= 11 is 1.98. The third-order valence-corrected chi connectivity index (χ3v) is 6.11. The number of carbonyl (C=O) groups is 1. The fourth-order valence-corrected chi connectivity index (χ4v) is 4.96. The lowest BCUT2D eigenvalue weighted by atomic mass is 9.95. The van der Waals surface area contributed by atoms with E-state index < -0.39 is 0 Å². The Kier molecular flexibility index (Phi) is 6.50. The van der Waals surface area contributed by atoms with Gasteiger partial charge in [-0.25, -0.2) is 0 Å². The predicted octanol–water partition coefficient (Wildman–Crippen LogP) is 2.68.